The van der Waals surface area contributed by atoms with Gasteiger partial charge in [-0.05, 0) is 43.5 Å². The second kappa shape index (κ2) is 7.10. The molecule has 1 aromatic carbocycles. The number of nitrogens with zero attached hydrogens (tertiary/aromatic N) is 1. The quantitative estimate of drug-likeness (QED) is 0.842. The summed E-state index contributed by atoms with van der Waals surface area (Å²) in [7, 11) is -3.39. The van der Waals surface area contributed by atoms with Crippen LogP contribution in [0.2, 0.25) is 0 Å². The van der Waals surface area contributed by atoms with Crippen LogP contribution < -0.4 is 5.32 Å². The summed E-state index contributed by atoms with van der Waals surface area (Å²) in [5.41, 5.74) is 1.68. The first-order chi connectivity index (χ1) is 10.3. The largest absolute Gasteiger partial charge is 0.325 e. The number of halogens is 1. The average Bonchev–Trinajstić information content (AvgIpc) is 2.92. The van der Waals surface area contributed by atoms with E-state index in [1.54, 1.807) is 6.07 Å². The minimum absolute atomic E-state index is 0.0487. The molecule has 1 aliphatic carbocycles. The summed E-state index contributed by atoms with van der Waals surface area (Å²) in [5.74, 6) is -0.306. The van der Waals surface area contributed by atoms with Crippen LogP contribution in [0.3, 0.4) is 0 Å². The number of carbonyl (C=O) groups excluding carboxylic acids is 1. The highest BCUT2D eigenvalue weighted by atomic mass is 79.9. The second-order valence-electron chi connectivity index (χ2n) is 5.76. The number of nitrogens with one attached hydrogen (secondary N) is 1. The first-order valence-electron chi connectivity index (χ1n) is 7.30. The molecule has 7 heteroatoms. The van der Waals surface area contributed by atoms with Gasteiger partial charge in [0.2, 0.25) is 15.9 Å². The zero-order chi connectivity index (χ0) is 16.3. The van der Waals surface area contributed by atoms with Crippen molar-refractivity contribution in [2.75, 3.05) is 18.1 Å². The Morgan fingerprint density at radius 2 is 2.00 bits per heavy atom. The van der Waals surface area contributed by atoms with Crippen molar-refractivity contribution in [1.82, 2.24) is 4.31 Å². The van der Waals surface area contributed by atoms with Crippen LogP contribution >= 0.6 is 15.9 Å². The van der Waals surface area contributed by atoms with Gasteiger partial charge < -0.3 is 5.32 Å². The van der Waals surface area contributed by atoms with E-state index in [-0.39, 0.29) is 18.5 Å². The van der Waals surface area contributed by atoms with E-state index < -0.39 is 10.0 Å². The van der Waals surface area contributed by atoms with Crippen LogP contribution in [0.15, 0.2) is 22.7 Å². The van der Waals surface area contributed by atoms with Gasteiger partial charge in [0.1, 0.15) is 0 Å². The van der Waals surface area contributed by atoms with E-state index >= 15 is 0 Å². The van der Waals surface area contributed by atoms with Crippen molar-refractivity contribution in [2.24, 2.45) is 0 Å². The lowest BCUT2D eigenvalue weighted by Crippen LogP contribution is -2.43. The van der Waals surface area contributed by atoms with Crippen molar-refractivity contribution >= 4 is 37.5 Å². The Kier molecular flexibility index (Phi) is 5.63. The fourth-order valence-electron chi connectivity index (χ4n) is 2.77. The van der Waals surface area contributed by atoms with E-state index in [1.165, 1.54) is 10.6 Å². The highest BCUT2D eigenvalue weighted by Crippen LogP contribution is 2.25. The Hall–Kier alpha value is -0.920. The van der Waals surface area contributed by atoms with Crippen molar-refractivity contribution in [3.05, 3.63) is 28.2 Å². The zero-order valence-electron chi connectivity index (χ0n) is 12.8. The maximum atomic E-state index is 12.2. The van der Waals surface area contributed by atoms with E-state index in [9.17, 15) is 13.2 Å². The van der Waals surface area contributed by atoms with Gasteiger partial charge >= 0.3 is 0 Å². The summed E-state index contributed by atoms with van der Waals surface area (Å²) in [4.78, 5) is 12.2. The Balaban J connectivity index is 2.06. The molecule has 1 N–H and O–H groups in total. The van der Waals surface area contributed by atoms with Crippen molar-refractivity contribution in [3.63, 3.8) is 0 Å². The molecule has 0 radical (unpaired) electrons. The summed E-state index contributed by atoms with van der Waals surface area (Å²) in [6, 6.07) is 5.45. The van der Waals surface area contributed by atoms with Crippen LogP contribution in [0.5, 0.6) is 0 Å². The van der Waals surface area contributed by atoms with Gasteiger partial charge in [0, 0.05) is 16.2 Å². The highest BCUT2D eigenvalue weighted by molar-refractivity contribution is 9.10. The molecule has 2 rings (SSSR count). The molecule has 0 atom stereocenters. The van der Waals surface area contributed by atoms with Crippen molar-refractivity contribution in [1.29, 1.82) is 0 Å². The van der Waals surface area contributed by atoms with Gasteiger partial charge in [-0.15, -0.1) is 0 Å². The topological polar surface area (TPSA) is 66.5 Å². The molecular formula is C15H21BrN2O3S. The molecule has 1 amide bonds. The molecule has 1 saturated carbocycles. The Labute approximate surface area is 140 Å². The summed E-state index contributed by atoms with van der Waals surface area (Å²) >= 11 is 3.41. The molecule has 22 heavy (non-hydrogen) atoms. The van der Waals surface area contributed by atoms with Crippen molar-refractivity contribution in [2.45, 2.75) is 38.6 Å². The molecule has 0 saturated heterocycles. The smallest absolute Gasteiger partial charge is 0.239 e. The lowest BCUT2D eigenvalue weighted by Gasteiger charge is -2.25. The fourth-order valence-corrected chi connectivity index (χ4v) is 4.12. The van der Waals surface area contributed by atoms with Crippen LogP contribution in [-0.4, -0.2) is 37.5 Å². The minimum atomic E-state index is -3.39. The average molecular weight is 389 g/mol. The Bertz CT molecular complexity index is 655. The molecule has 0 unspecified atom stereocenters. The van der Waals surface area contributed by atoms with E-state index in [0.29, 0.717) is 5.69 Å². The van der Waals surface area contributed by atoms with Crippen LogP contribution in [0.1, 0.15) is 31.2 Å². The third-order valence-corrected chi connectivity index (χ3v) is 6.07. The monoisotopic (exact) mass is 388 g/mol. The van der Waals surface area contributed by atoms with E-state index in [4.69, 9.17) is 0 Å². The molecule has 1 aliphatic rings. The Morgan fingerprint density at radius 1 is 1.36 bits per heavy atom. The predicted octanol–water partition coefficient (Wildman–Crippen LogP) is 2.90. The summed E-state index contributed by atoms with van der Waals surface area (Å²) in [5, 5.41) is 2.77. The fraction of sp³-hybridized carbons (Fsp3) is 0.533. The van der Waals surface area contributed by atoms with Gasteiger partial charge in [-0.25, -0.2) is 8.42 Å². The molecule has 1 aromatic rings. The summed E-state index contributed by atoms with van der Waals surface area (Å²) < 4.78 is 26.2. The molecular weight excluding hydrogens is 368 g/mol. The van der Waals surface area contributed by atoms with Gasteiger partial charge in [-0.3, -0.25) is 4.79 Å². The number of aryl methyl sites for hydroxylation is 1. The van der Waals surface area contributed by atoms with Crippen molar-refractivity contribution in [3.8, 4) is 0 Å². The number of carbonyl (C=O) groups is 1. The predicted molar refractivity (Wildman–Crippen MR) is 91.3 cm³/mol. The number of rotatable bonds is 5. The highest BCUT2D eigenvalue weighted by Gasteiger charge is 2.30. The van der Waals surface area contributed by atoms with E-state index in [0.717, 1.165) is 35.7 Å². The van der Waals surface area contributed by atoms with Crippen LogP contribution in [0, 0.1) is 6.92 Å². The van der Waals surface area contributed by atoms with E-state index in [2.05, 4.69) is 21.2 Å². The van der Waals surface area contributed by atoms with Gasteiger partial charge in [0.15, 0.2) is 0 Å². The number of hydrogen-bond acceptors (Lipinski definition) is 3. The molecule has 0 heterocycles. The SMILES string of the molecule is Cc1cc(NC(=O)CN(C2CCCC2)S(C)(=O)=O)ccc1Br. The van der Waals surface area contributed by atoms with Crippen LogP contribution in [0.25, 0.3) is 0 Å². The third kappa shape index (κ3) is 4.54. The normalized spacial score (nSPS) is 16.2. The maximum absolute atomic E-state index is 12.2. The van der Waals surface area contributed by atoms with E-state index in [1.807, 2.05) is 19.1 Å². The molecule has 0 aromatic heterocycles. The number of hydrogen-bond donors (Lipinski definition) is 1. The third-order valence-electron chi connectivity index (χ3n) is 3.90. The second-order valence-corrected chi connectivity index (χ2v) is 8.55. The van der Waals surface area contributed by atoms with Gasteiger partial charge in [0.05, 0.1) is 12.8 Å². The van der Waals surface area contributed by atoms with Gasteiger partial charge in [-0.2, -0.15) is 4.31 Å². The molecule has 0 aliphatic heterocycles. The first kappa shape index (κ1) is 17.4. The molecule has 0 spiro atoms. The minimum Gasteiger partial charge on any atom is -0.325 e. The number of anilines is 1. The first-order valence-corrected chi connectivity index (χ1v) is 9.94. The zero-order valence-corrected chi connectivity index (χ0v) is 15.2. The standard InChI is InChI=1S/C15H21BrN2O3S/c1-11-9-12(7-8-14(11)16)17-15(19)10-18(22(2,20)21)13-5-3-4-6-13/h7-9,13H,3-6,10H2,1-2H3,(H,17,19). The molecule has 1 fully saturated rings. The molecule has 0 bridgehead atoms. The van der Waals surface area contributed by atoms with Crippen molar-refractivity contribution < 1.29 is 13.2 Å². The number of amides is 1. The lowest BCUT2D eigenvalue weighted by molar-refractivity contribution is -0.116. The lowest BCUT2D eigenvalue weighted by atomic mass is 10.2. The molecule has 5 nitrogen and oxygen atoms in total. The van der Waals surface area contributed by atoms with Gasteiger partial charge in [-0.1, -0.05) is 28.8 Å². The number of benzene rings is 1. The summed E-state index contributed by atoms with van der Waals surface area (Å²) in [6.07, 6.45) is 4.87. The number of sulfonamides is 1. The maximum Gasteiger partial charge on any atom is 0.239 e. The molecule has 122 valence electrons. The van der Waals surface area contributed by atoms with Gasteiger partial charge in [0.25, 0.3) is 0 Å². The Morgan fingerprint density at radius 3 is 2.55 bits per heavy atom. The van der Waals surface area contributed by atoms with Crippen LogP contribution in [0.4, 0.5) is 5.69 Å². The van der Waals surface area contributed by atoms with Crippen LogP contribution in [-0.2, 0) is 14.8 Å². The summed E-state index contributed by atoms with van der Waals surface area (Å²) in [6.45, 7) is 1.81.